The van der Waals surface area contributed by atoms with Crippen molar-refractivity contribution in [2.45, 2.75) is 25.3 Å². The molecule has 2 aromatic rings. The van der Waals surface area contributed by atoms with Crippen LogP contribution in [0.15, 0.2) is 29.2 Å². The fraction of sp³-hybridized carbons (Fsp3) is 0.308. The number of sulfone groups is 1. The van der Waals surface area contributed by atoms with Crippen LogP contribution in [0.1, 0.15) is 18.1 Å². The van der Waals surface area contributed by atoms with E-state index in [9.17, 15) is 8.42 Å². The number of aromatic nitrogens is 1. The van der Waals surface area contributed by atoms with Crippen LogP contribution in [0.25, 0.3) is 0 Å². The van der Waals surface area contributed by atoms with Gasteiger partial charge in [-0.2, -0.15) is 4.37 Å². The van der Waals surface area contributed by atoms with Crippen molar-refractivity contribution in [3.05, 3.63) is 35.4 Å². The number of nitrogens with zero attached hydrogens (tertiary/aromatic N) is 1. The molecule has 0 saturated heterocycles. The van der Waals surface area contributed by atoms with E-state index in [0.29, 0.717) is 11.5 Å². The van der Waals surface area contributed by atoms with E-state index in [4.69, 9.17) is 5.73 Å². The maximum Gasteiger partial charge on any atom is 0.184 e. The van der Waals surface area contributed by atoms with E-state index in [1.807, 2.05) is 31.2 Å². The van der Waals surface area contributed by atoms with Crippen molar-refractivity contribution in [3.8, 4) is 0 Å². The molecule has 1 aromatic carbocycles. The Labute approximate surface area is 122 Å². The average molecular weight is 311 g/mol. The summed E-state index contributed by atoms with van der Waals surface area (Å²) in [4.78, 5) is 0.124. The van der Waals surface area contributed by atoms with Gasteiger partial charge >= 0.3 is 0 Å². The van der Waals surface area contributed by atoms with E-state index in [2.05, 4.69) is 9.69 Å². The van der Waals surface area contributed by atoms with Crippen molar-refractivity contribution in [2.75, 3.05) is 16.8 Å². The Morgan fingerprint density at radius 3 is 2.70 bits per heavy atom. The average Bonchev–Trinajstić information content (AvgIpc) is 2.80. The first-order valence-electron chi connectivity index (χ1n) is 6.22. The van der Waals surface area contributed by atoms with E-state index in [1.165, 1.54) is 0 Å². The summed E-state index contributed by atoms with van der Waals surface area (Å²) in [5, 5.41) is 3.64. The van der Waals surface area contributed by atoms with Gasteiger partial charge in [-0.3, -0.25) is 0 Å². The van der Waals surface area contributed by atoms with Gasteiger partial charge in [0.25, 0.3) is 0 Å². The highest BCUT2D eigenvalue weighted by Crippen LogP contribution is 2.32. The number of hydrogen-bond acceptors (Lipinski definition) is 6. The maximum atomic E-state index is 12.0. The van der Waals surface area contributed by atoms with E-state index in [0.717, 1.165) is 22.7 Å². The summed E-state index contributed by atoms with van der Waals surface area (Å²) in [6, 6.07) is 7.94. The van der Waals surface area contributed by atoms with Crippen LogP contribution in [0.2, 0.25) is 0 Å². The summed E-state index contributed by atoms with van der Waals surface area (Å²) in [6.45, 7) is 4.15. The number of anilines is 2. The first kappa shape index (κ1) is 14.8. The highest BCUT2D eigenvalue weighted by Gasteiger charge is 2.23. The zero-order valence-corrected chi connectivity index (χ0v) is 13.0. The highest BCUT2D eigenvalue weighted by molar-refractivity contribution is 7.91. The summed E-state index contributed by atoms with van der Waals surface area (Å²) in [7, 11) is -3.37. The Morgan fingerprint density at radius 1 is 1.35 bits per heavy atom. The van der Waals surface area contributed by atoms with Gasteiger partial charge in [0.1, 0.15) is 9.90 Å². The number of hydrogen-bond donors (Lipinski definition) is 2. The largest absolute Gasteiger partial charge is 0.382 e. The topological polar surface area (TPSA) is 85.1 Å². The van der Waals surface area contributed by atoms with Gasteiger partial charge in [0, 0.05) is 6.54 Å². The summed E-state index contributed by atoms with van der Waals surface area (Å²) in [5.41, 5.74) is 7.94. The van der Waals surface area contributed by atoms with E-state index < -0.39 is 9.84 Å². The zero-order valence-electron chi connectivity index (χ0n) is 11.4. The van der Waals surface area contributed by atoms with Gasteiger partial charge in [0.05, 0.1) is 5.75 Å². The Kier molecular flexibility index (Phi) is 4.29. The van der Waals surface area contributed by atoms with Crippen molar-refractivity contribution < 1.29 is 8.42 Å². The van der Waals surface area contributed by atoms with Gasteiger partial charge < -0.3 is 11.1 Å². The third-order valence-corrected chi connectivity index (χ3v) is 5.81. The van der Waals surface area contributed by atoms with Crippen LogP contribution in [0.5, 0.6) is 0 Å². The molecule has 0 atom stereocenters. The third kappa shape index (κ3) is 2.94. The fourth-order valence-electron chi connectivity index (χ4n) is 1.84. The van der Waals surface area contributed by atoms with Crippen molar-refractivity contribution >= 4 is 32.2 Å². The van der Waals surface area contributed by atoms with E-state index >= 15 is 0 Å². The number of nitrogen functional groups attached to an aromatic ring is 1. The minimum Gasteiger partial charge on any atom is -0.382 e. The molecule has 1 aromatic heterocycles. The number of nitrogens with one attached hydrogen (secondary N) is 1. The minimum absolute atomic E-state index is 0.00859. The first-order chi connectivity index (χ1) is 9.45. The molecular weight excluding hydrogens is 294 g/mol. The molecule has 0 aliphatic carbocycles. The maximum absolute atomic E-state index is 12.0. The first-order valence-corrected chi connectivity index (χ1v) is 8.64. The summed E-state index contributed by atoms with van der Waals surface area (Å²) in [6.07, 6.45) is 0. The lowest BCUT2D eigenvalue weighted by Crippen LogP contribution is -2.09. The Hall–Kier alpha value is -1.60. The second kappa shape index (κ2) is 5.80. The summed E-state index contributed by atoms with van der Waals surface area (Å²) < 4.78 is 28.0. The predicted molar refractivity (Wildman–Crippen MR) is 82.8 cm³/mol. The van der Waals surface area contributed by atoms with Crippen molar-refractivity contribution in [2.24, 2.45) is 0 Å². The van der Waals surface area contributed by atoms with Crippen molar-refractivity contribution in [3.63, 3.8) is 0 Å². The lowest BCUT2D eigenvalue weighted by Gasteiger charge is -2.09. The van der Waals surface area contributed by atoms with Crippen molar-refractivity contribution in [1.29, 1.82) is 0 Å². The molecule has 108 valence electrons. The highest BCUT2D eigenvalue weighted by atomic mass is 32.2. The Balaban J connectivity index is 2.26. The quantitative estimate of drug-likeness (QED) is 0.886. The second-order valence-corrected chi connectivity index (χ2v) is 7.40. The molecule has 0 saturated carbocycles. The number of aryl methyl sites for hydroxylation is 1. The van der Waals surface area contributed by atoms with Gasteiger partial charge in [-0.1, -0.05) is 31.2 Å². The molecule has 0 fully saturated rings. The molecule has 0 spiro atoms. The van der Waals surface area contributed by atoms with Gasteiger partial charge in [-0.25, -0.2) is 8.42 Å². The van der Waals surface area contributed by atoms with Gasteiger partial charge in [0.2, 0.25) is 0 Å². The molecule has 0 aliphatic heterocycles. The third-order valence-electron chi connectivity index (χ3n) is 3.07. The molecular formula is C13H17N3O2S2. The fourth-order valence-corrected chi connectivity index (χ4v) is 4.00. The van der Waals surface area contributed by atoms with Crippen LogP contribution >= 0.6 is 11.5 Å². The number of nitrogens with two attached hydrogens (primary N) is 1. The van der Waals surface area contributed by atoms with Crippen LogP contribution in [0, 0.1) is 6.92 Å². The predicted octanol–water partition coefficient (Wildman–Crippen LogP) is 2.44. The molecule has 0 bridgehead atoms. The summed E-state index contributed by atoms with van der Waals surface area (Å²) in [5.74, 6) is 0.0819. The van der Waals surface area contributed by atoms with Gasteiger partial charge in [0.15, 0.2) is 15.7 Å². The number of rotatable bonds is 5. The van der Waals surface area contributed by atoms with E-state index in [1.54, 1.807) is 6.92 Å². The van der Waals surface area contributed by atoms with Gasteiger partial charge in [-0.05, 0) is 29.6 Å². The molecule has 1 heterocycles. The smallest absolute Gasteiger partial charge is 0.184 e. The zero-order chi connectivity index (χ0) is 14.8. The molecule has 5 nitrogen and oxygen atoms in total. The summed E-state index contributed by atoms with van der Waals surface area (Å²) >= 11 is 1.08. The van der Waals surface area contributed by atoms with Crippen LogP contribution in [-0.4, -0.2) is 18.5 Å². The molecule has 20 heavy (non-hydrogen) atoms. The molecule has 0 amide bonds. The standard InChI is InChI=1S/C13H17N3O2S2/c1-3-20(17,18)11-12(14)16-19-13(11)15-8-10-7-5-4-6-9(10)2/h4-7,15H,3,8H2,1-2H3,(H2,14,16). The Bertz CT molecular complexity index is 708. The van der Waals surface area contributed by atoms with Crippen LogP contribution < -0.4 is 11.1 Å². The van der Waals surface area contributed by atoms with E-state index in [-0.39, 0.29) is 16.5 Å². The minimum atomic E-state index is -3.37. The van der Waals surface area contributed by atoms with Crippen LogP contribution in [0.3, 0.4) is 0 Å². The lowest BCUT2D eigenvalue weighted by atomic mass is 10.1. The SMILES string of the molecule is CCS(=O)(=O)c1c(N)nsc1NCc1ccccc1C. The van der Waals surface area contributed by atoms with Crippen molar-refractivity contribution in [1.82, 2.24) is 4.37 Å². The molecule has 2 rings (SSSR count). The molecule has 0 unspecified atom stereocenters. The molecule has 0 radical (unpaired) electrons. The number of benzene rings is 1. The van der Waals surface area contributed by atoms with Crippen LogP contribution in [-0.2, 0) is 16.4 Å². The second-order valence-electron chi connectivity index (χ2n) is 4.41. The monoisotopic (exact) mass is 311 g/mol. The van der Waals surface area contributed by atoms with Crippen LogP contribution in [0.4, 0.5) is 10.8 Å². The van der Waals surface area contributed by atoms with Gasteiger partial charge in [-0.15, -0.1) is 0 Å². The molecule has 7 heteroatoms. The normalized spacial score (nSPS) is 11.5. The lowest BCUT2D eigenvalue weighted by molar-refractivity contribution is 0.598. The Morgan fingerprint density at radius 2 is 2.05 bits per heavy atom. The molecule has 0 aliphatic rings. The molecule has 3 N–H and O–H groups in total.